The Kier molecular flexibility index (Phi) is 6.68. The van der Waals surface area contributed by atoms with Gasteiger partial charge in [-0.1, -0.05) is 50.2 Å². The van der Waals surface area contributed by atoms with Gasteiger partial charge in [-0.3, -0.25) is 4.79 Å². The van der Waals surface area contributed by atoms with Crippen LogP contribution >= 0.6 is 11.8 Å². The van der Waals surface area contributed by atoms with Crippen molar-refractivity contribution in [3.63, 3.8) is 0 Å². The molecule has 3 rings (SSSR count). The van der Waals surface area contributed by atoms with Crippen molar-refractivity contribution in [3.8, 4) is 11.1 Å². The molecule has 5 heteroatoms. The zero-order valence-corrected chi connectivity index (χ0v) is 17.3. The third-order valence-corrected chi connectivity index (χ3v) is 5.52. The van der Waals surface area contributed by atoms with Gasteiger partial charge in [-0.25, -0.2) is 9.07 Å². The van der Waals surface area contributed by atoms with Crippen LogP contribution in [-0.2, 0) is 13.0 Å². The smallest absolute Gasteiger partial charge is 0.267 e. The maximum atomic E-state index is 14.3. The minimum Gasteiger partial charge on any atom is -0.267 e. The second-order valence-electron chi connectivity index (χ2n) is 7.27. The molecule has 3 nitrogen and oxygen atoms in total. The summed E-state index contributed by atoms with van der Waals surface area (Å²) in [6.45, 7) is 4.70. The summed E-state index contributed by atoms with van der Waals surface area (Å²) in [6, 6.07) is 14.9. The van der Waals surface area contributed by atoms with Crippen LogP contribution in [0.3, 0.4) is 0 Å². The van der Waals surface area contributed by atoms with Crippen LogP contribution in [0.2, 0.25) is 0 Å². The minimum absolute atomic E-state index is 0.101. The number of halogens is 1. The van der Waals surface area contributed by atoms with Gasteiger partial charge in [0.1, 0.15) is 5.82 Å². The lowest BCUT2D eigenvalue weighted by Gasteiger charge is -2.14. The van der Waals surface area contributed by atoms with E-state index >= 15 is 0 Å². The Bertz CT molecular complexity index is 999. The van der Waals surface area contributed by atoms with Gasteiger partial charge in [0.2, 0.25) is 0 Å². The van der Waals surface area contributed by atoms with Crippen LogP contribution in [-0.4, -0.2) is 16.0 Å². The van der Waals surface area contributed by atoms with E-state index in [4.69, 9.17) is 0 Å². The third kappa shape index (κ3) is 4.71. The molecular weight excluding hydrogens is 371 g/mol. The Morgan fingerprint density at radius 2 is 1.89 bits per heavy atom. The predicted molar refractivity (Wildman–Crippen MR) is 114 cm³/mol. The topological polar surface area (TPSA) is 34.9 Å². The Morgan fingerprint density at radius 1 is 1.14 bits per heavy atom. The lowest BCUT2D eigenvalue weighted by Crippen LogP contribution is -2.27. The summed E-state index contributed by atoms with van der Waals surface area (Å²) < 4.78 is 15.8. The quantitative estimate of drug-likeness (QED) is 0.501. The van der Waals surface area contributed by atoms with E-state index < -0.39 is 0 Å². The summed E-state index contributed by atoms with van der Waals surface area (Å²) in [5.74, 6) is 0.201. The van der Waals surface area contributed by atoms with Gasteiger partial charge in [-0.2, -0.15) is 5.10 Å². The number of aromatic nitrogens is 2. The van der Waals surface area contributed by atoms with E-state index in [2.05, 4.69) is 18.9 Å². The predicted octanol–water partition coefficient (Wildman–Crippen LogP) is 5.41. The first-order valence-corrected chi connectivity index (χ1v) is 10.7. The molecule has 0 aliphatic rings. The molecule has 0 aliphatic carbocycles. The van der Waals surface area contributed by atoms with Crippen LogP contribution in [0.4, 0.5) is 4.39 Å². The zero-order valence-electron chi connectivity index (χ0n) is 16.5. The molecule has 2 aromatic carbocycles. The summed E-state index contributed by atoms with van der Waals surface area (Å²) in [5.41, 5.74) is 3.05. The SMILES string of the molecule is CSc1ccc(-c2cnn(Cc3ccccc3)c(=O)c2CCC(C)C)cc1F. The maximum Gasteiger partial charge on any atom is 0.270 e. The highest BCUT2D eigenvalue weighted by molar-refractivity contribution is 7.98. The van der Waals surface area contributed by atoms with E-state index in [0.717, 1.165) is 17.5 Å². The highest BCUT2D eigenvalue weighted by atomic mass is 32.2. The standard InChI is InChI=1S/C23H25FN2OS/c1-16(2)9-11-19-20(18-10-12-22(28-3)21(24)13-18)14-25-26(23(19)27)15-17-7-5-4-6-8-17/h4-8,10,12-14,16H,9,11,15H2,1-3H3. The van der Waals surface area contributed by atoms with Gasteiger partial charge in [0.25, 0.3) is 5.56 Å². The normalized spacial score (nSPS) is 11.2. The third-order valence-electron chi connectivity index (χ3n) is 4.75. The average Bonchev–Trinajstić information content (AvgIpc) is 2.69. The average molecular weight is 397 g/mol. The van der Waals surface area contributed by atoms with Crippen LogP contribution < -0.4 is 5.56 Å². The first-order valence-electron chi connectivity index (χ1n) is 9.46. The Morgan fingerprint density at radius 3 is 2.54 bits per heavy atom. The molecule has 0 radical (unpaired) electrons. The fourth-order valence-corrected chi connectivity index (χ4v) is 3.61. The van der Waals surface area contributed by atoms with E-state index in [0.29, 0.717) is 34.9 Å². The summed E-state index contributed by atoms with van der Waals surface area (Å²) >= 11 is 1.37. The van der Waals surface area contributed by atoms with Crippen molar-refractivity contribution >= 4 is 11.8 Å². The molecule has 0 saturated heterocycles. The summed E-state index contributed by atoms with van der Waals surface area (Å²) in [6.07, 6.45) is 5.09. The highest BCUT2D eigenvalue weighted by Gasteiger charge is 2.15. The first kappa shape index (κ1) is 20.3. The van der Waals surface area contributed by atoms with E-state index in [1.807, 2.05) is 42.7 Å². The minimum atomic E-state index is -0.270. The van der Waals surface area contributed by atoms with Gasteiger partial charge < -0.3 is 0 Å². The van der Waals surface area contributed by atoms with Gasteiger partial charge in [0.15, 0.2) is 0 Å². The number of benzene rings is 2. The summed E-state index contributed by atoms with van der Waals surface area (Å²) in [7, 11) is 0. The second-order valence-corrected chi connectivity index (χ2v) is 8.12. The van der Waals surface area contributed by atoms with Gasteiger partial charge >= 0.3 is 0 Å². The Hall–Kier alpha value is -2.40. The van der Waals surface area contributed by atoms with Gasteiger partial charge in [0, 0.05) is 16.0 Å². The number of rotatable bonds is 7. The first-order chi connectivity index (χ1) is 13.5. The molecule has 3 aromatic rings. The summed E-state index contributed by atoms with van der Waals surface area (Å²) in [5, 5.41) is 4.39. The molecule has 1 aromatic heterocycles. The number of nitrogens with zero attached hydrogens (tertiary/aromatic N) is 2. The van der Waals surface area contributed by atoms with Crippen molar-refractivity contribution in [1.29, 1.82) is 0 Å². The zero-order chi connectivity index (χ0) is 20.1. The van der Waals surface area contributed by atoms with E-state index in [1.54, 1.807) is 12.3 Å². The Balaban J connectivity index is 2.05. The molecule has 1 heterocycles. The second kappa shape index (κ2) is 9.20. The largest absolute Gasteiger partial charge is 0.270 e. The molecule has 0 spiro atoms. The van der Waals surface area contributed by atoms with Gasteiger partial charge in [0.05, 0.1) is 12.7 Å². The van der Waals surface area contributed by atoms with Crippen LogP contribution in [0.1, 0.15) is 31.4 Å². The molecular formula is C23H25FN2OS. The van der Waals surface area contributed by atoms with Crippen molar-refractivity contribution in [2.24, 2.45) is 5.92 Å². The number of hydrogen-bond donors (Lipinski definition) is 0. The van der Waals surface area contributed by atoms with Crippen LogP contribution in [0.15, 0.2) is 64.4 Å². The summed E-state index contributed by atoms with van der Waals surface area (Å²) in [4.78, 5) is 13.8. The molecule has 0 N–H and O–H groups in total. The highest BCUT2D eigenvalue weighted by Crippen LogP contribution is 2.28. The van der Waals surface area contributed by atoms with Crippen molar-refractivity contribution in [2.45, 2.75) is 38.1 Å². The van der Waals surface area contributed by atoms with Crippen molar-refractivity contribution in [3.05, 3.63) is 82.0 Å². The monoisotopic (exact) mass is 396 g/mol. The molecule has 0 atom stereocenters. The van der Waals surface area contributed by atoms with Crippen molar-refractivity contribution in [1.82, 2.24) is 9.78 Å². The maximum absolute atomic E-state index is 14.3. The number of hydrogen-bond acceptors (Lipinski definition) is 3. The fourth-order valence-electron chi connectivity index (χ4n) is 3.16. The van der Waals surface area contributed by atoms with Crippen LogP contribution in [0.5, 0.6) is 0 Å². The fraction of sp³-hybridized carbons (Fsp3) is 0.304. The number of thioether (sulfide) groups is 1. The van der Waals surface area contributed by atoms with Crippen LogP contribution in [0.25, 0.3) is 11.1 Å². The Labute approximate surface area is 169 Å². The molecule has 0 aliphatic heterocycles. The van der Waals surface area contributed by atoms with Crippen molar-refractivity contribution < 1.29 is 4.39 Å². The van der Waals surface area contributed by atoms with Gasteiger partial charge in [-0.05, 0) is 48.3 Å². The molecule has 0 bridgehead atoms. The lowest BCUT2D eigenvalue weighted by atomic mass is 9.96. The van der Waals surface area contributed by atoms with Crippen molar-refractivity contribution in [2.75, 3.05) is 6.26 Å². The molecule has 0 saturated carbocycles. The van der Waals surface area contributed by atoms with E-state index in [9.17, 15) is 9.18 Å². The molecule has 0 unspecified atom stereocenters. The van der Waals surface area contributed by atoms with E-state index in [1.165, 1.54) is 22.5 Å². The van der Waals surface area contributed by atoms with E-state index in [-0.39, 0.29) is 11.4 Å². The molecule has 146 valence electrons. The lowest BCUT2D eigenvalue weighted by molar-refractivity contribution is 0.572. The van der Waals surface area contributed by atoms with Gasteiger partial charge in [-0.15, -0.1) is 11.8 Å². The molecule has 0 amide bonds. The van der Waals surface area contributed by atoms with Crippen LogP contribution in [0, 0.1) is 11.7 Å². The molecule has 0 fully saturated rings. The molecule has 28 heavy (non-hydrogen) atoms.